The number of hydrogen-bond donors (Lipinski definition) is 0. The van der Waals surface area contributed by atoms with E-state index in [0.29, 0.717) is 5.02 Å². The molecule has 0 saturated heterocycles. The van der Waals surface area contributed by atoms with E-state index in [2.05, 4.69) is 0 Å². The molecule has 0 heterocycles. The second-order valence-electron chi connectivity index (χ2n) is 2.55. The van der Waals surface area contributed by atoms with Crippen LogP contribution in [0.25, 0.3) is 0 Å². The summed E-state index contributed by atoms with van der Waals surface area (Å²) >= 11 is 12.5. The van der Waals surface area contributed by atoms with Crippen LogP contribution in [0, 0.1) is 6.92 Å². The van der Waals surface area contributed by atoms with Gasteiger partial charge in [-0.15, -0.1) is 11.8 Å². The fraction of sp³-hybridized carbons (Fsp3) is 0.222. The van der Waals surface area contributed by atoms with E-state index < -0.39 is 0 Å². The molecule has 0 aliphatic carbocycles. The van der Waals surface area contributed by atoms with Gasteiger partial charge in [0.2, 0.25) is 5.24 Å². The molecule has 1 aromatic carbocycles. The minimum atomic E-state index is -0.346. The molecule has 13 heavy (non-hydrogen) atoms. The van der Waals surface area contributed by atoms with Crippen LogP contribution in [0.3, 0.4) is 0 Å². The summed E-state index contributed by atoms with van der Waals surface area (Å²) in [6, 6.07) is 5.68. The lowest BCUT2D eigenvalue weighted by Gasteiger charge is -2.01. The molecule has 0 aromatic heterocycles. The average Bonchev–Trinajstić information content (AvgIpc) is 2.07. The summed E-state index contributed by atoms with van der Waals surface area (Å²) in [5.74, 6) is 0.279. The first-order valence-corrected chi connectivity index (χ1v) is 5.41. The monoisotopic (exact) mass is 234 g/mol. The molecular weight excluding hydrogens is 227 g/mol. The number of carbonyl (C=O) groups is 1. The van der Waals surface area contributed by atoms with Crippen molar-refractivity contribution in [3.63, 3.8) is 0 Å². The van der Waals surface area contributed by atoms with Crippen LogP contribution in [0.4, 0.5) is 0 Å². The van der Waals surface area contributed by atoms with Crippen molar-refractivity contribution in [2.75, 3.05) is 5.75 Å². The van der Waals surface area contributed by atoms with Crippen LogP contribution < -0.4 is 0 Å². The van der Waals surface area contributed by atoms with Gasteiger partial charge >= 0.3 is 0 Å². The summed E-state index contributed by atoms with van der Waals surface area (Å²) in [4.78, 5) is 11.4. The van der Waals surface area contributed by atoms with E-state index in [1.807, 2.05) is 25.1 Å². The van der Waals surface area contributed by atoms with Gasteiger partial charge in [0.1, 0.15) is 0 Å². The predicted molar refractivity (Wildman–Crippen MR) is 57.8 cm³/mol. The Hall–Kier alpha value is -0.180. The second kappa shape index (κ2) is 4.89. The Kier molecular flexibility index (Phi) is 4.10. The predicted octanol–water partition coefficient (Wildman–Crippen LogP) is 3.51. The Bertz CT molecular complexity index is 325. The third-order valence-corrected chi connectivity index (χ3v) is 3.19. The van der Waals surface area contributed by atoms with Crippen LogP contribution in [-0.4, -0.2) is 11.0 Å². The summed E-state index contributed by atoms with van der Waals surface area (Å²) < 4.78 is 0. The van der Waals surface area contributed by atoms with Crippen LogP contribution in [0.15, 0.2) is 23.1 Å². The van der Waals surface area contributed by atoms with Gasteiger partial charge in [-0.1, -0.05) is 17.7 Å². The van der Waals surface area contributed by atoms with E-state index in [1.54, 1.807) is 0 Å². The normalized spacial score (nSPS) is 10.1. The molecule has 0 saturated carbocycles. The third kappa shape index (κ3) is 3.59. The zero-order valence-electron chi connectivity index (χ0n) is 7.01. The maximum atomic E-state index is 10.5. The highest BCUT2D eigenvalue weighted by atomic mass is 35.5. The topological polar surface area (TPSA) is 17.1 Å². The molecule has 0 unspecified atom stereocenters. The maximum Gasteiger partial charge on any atom is 0.231 e. The van der Waals surface area contributed by atoms with E-state index in [-0.39, 0.29) is 11.0 Å². The SMILES string of the molecule is Cc1ccc(SCC(=O)Cl)cc1Cl. The molecule has 0 bridgehead atoms. The minimum Gasteiger partial charge on any atom is -0.280 e. The van der Waals surface area contributed by atoms with E-state index in [1.165, 1.54) is 11.8 Å². The smallest absolute Gasteiger partial charge is 0.231 e. The Labute approximate surface area is 91.4 Å². The highest BCUT2D eigenvalue weighted by Gasteiger charge is 2.01. The zero-order valence-corrected chi connectivity index (χ0v) is 9.34. The van der Waals surface area contributed by atoms with Gasteiger partial charge in [0.05, 0.1) is 5.75 Å². The molecule has 70 valence electrons. The molecule has 0 radical (unpaired) electrons. The average molecular weight is 235 g/mol. The lowest BCUT2D eigenvalue weighted by atomic mass is 10.2. The van der Waals surface area contributed by atoms with Gasteiger partial charge < -0.3 is 0 Å². The Morgan fingerprint density at radius 1 is 1.54 bits per heavy atom. The van der Waals surface area contributed by atoms with Crippen molar-refractivity contribution in [2.45, 2.75) is 11.8 Å². The third-order valence-electron chi connectivity index (χ3n) is 1.50. The number of aryl methyl sites for hydroxylation is 1. The van der Waals surface area contributed by atoms with Crippen molar-refractivity contribution >= 4 is 40.2 Å². The lowest BCUT2D eigenvalue weighted by molar-refractivity contribution is -0.109. The summed E-state index contributed by atoms with van der Waals surface area (Å²) in [6.07, 6.45) is 0. The van der Waals surface area contributed by atoms with Gasteiger partial charge in [0, 0.05) is 9.92 Å². The van der Waals surface area contributed by atoms with Gasteiger partial charge in [-0.25, -0.2) is 0 Å². The second-order valence-corrected chi connectivity index (χ2v) is 4.43. The van der Waals surface area contributed by atoms with Crippen LogP contribution in [0.2, 0.25) is 5.02 Å². The summed E-state index contributed by atoms with van der Waals surface area (Å²) in [5.41, 5.74) is 1.03. The van der Waals surface area contributed by atoms with Gasteiger partial charge in [-0.05, 0) is 36.2 Å². The van der Waals surface area contributed by atoms with Gasteiger partial charge in [-0.3, -0.25) is 4.79 Å². The highest BCUT2D eigenvalue weighted by Crippen LogP contribution is 2.24. The van der Waals surface area contributed by atoms with Crippen molar-refractivity contribution < 1.29 is 4.79 Å². The van der Waals surface area contributed by atoms with Crippen molar-refractivity contribution in [3.05, 3.63) is 28.8 Å². The van der Waals surface area contributed by atoms with E-state index in [9.17, 15) is 4.79 Å². The first kappa shape index (κ1) is 10.9. The first-order chi connectivity index (χ1) is 6.09. The van der Waals surface area contributed by atoms with Crippen molar-refractivity contribution in [2.24, 2.45) is 0 Å². The fourth-order valence-corrected chi connectivity index (χ4v) is 1.86. The largest absolute Gasteiger partial charge is 0.280 e. The Morgan fingerprint density at radius 3 is 2.77 bits per heavy atom. The fourth-order valence-electron chi connectivity index (χ4n) is 0.803. The Balaban J connectivity index is 2.68. The van der Waals surface area contributed by atoms with Gasteiger partial charge in [-0.2, -0.15) is 0 Å². The number of carbonyl (C=O) groups excluding carboxylic acids is 1. The molecule has 0 fully saturated rings. The van der Waals surface area contributed by atoms with Crippen LogP contribution in [0.5, 0.6) is 0 Å². The Morgan fingerprint density at radius 2 is 2.23 bits per heavy atom. The molecule has 4 heteroatoms. The molecular formula is C9H8Cl2OS. The molecule has 0 aliphatic heterocycles. The maximum absolute atomic E-state index is 10.5. The zero-order chi connectivity index (χ0) is 9.84. The van der Waals surface area contributed by atoms with E-state index in [0.717, 1.165) is 10.5 Å². The number of hydrogen-bond acceptors (Lipinski definition) is 2. The summed E-state index contributed by atoms with van der Waals surface area (Å²) in [6.45, 7) is 1.93. The molecule has 0 aliphatic rings. The van der Waals surface area contributed by atoms with Gasteiger partial charge in [0.25, 0.3) is 0 Å². The molecule has 1 nitrogen and oxygen atoms in total. The van der Waals surface area contributed by atoms with Crippen LogP contribution in [-0.2, 0) is 4.79 Å². The number of rotatable bonds is 3. The quantitative estimate of drug-likeness (QED) is 0.589. The summed E-state index contributed by atoms with van der Waals surface area (Å²) in [5, 5.41) is 0.369. The lowest BCUT2D eigenvalue weighted by Crippen LogP contribution is -1.89. The van der Waals surface area contributed by atoms with Gasteiger partial charge in [0.15, 0.2) is 0 Å². The van der Waals surface area contributed by atoms with Crippen molar-refractivity contribution in [1.82, 2.24) is 0 Å². The van der Waals surface area contributed by atoms with Crippen molar-refractivity contribution in [1.29, 1.82) is 0 Å². The van der Waals surface area contributed by atoms with E-state index in [4.69, 9.17) is 23.2 Å². The summed E-state index contributed by atoms with van der Waals surface area (Å²) in [7, 11) is 0. The molecule has 0 spiro atoms. The molecule has 0 atom stereocenters. The molecule has 0 N–H and O–H groups in total. The minimum absolute atomic E-state index is 0.279. The van der Waals surface area contributed by atoms with Crippen molar-refractivity contribution in [3.8, 4) is 0 Å². The first-order valence-electron chi connectivity index (χ1n) is 3.67. The molecule has 1 aromatic rings. The number of benzene rings is 1. The molecule has 1 rings (SSSR count). The standard InChI is InChI=1S/C9H8Cl2OS/c1-6-2-3-7(4-8(6)10)13-5-9(11)12/h2-4H,5H2,1H3. The van der Waals surface area contributed by atoms with Crippen LogP contribution >= 0.6 is 35.0 Å². The number of thioether (sulfide) groups is 1. The highest BCUT2D eigenvalue weighted by molar-refractivity contribution is 8.00. The molecule has 0 amide bonds. The van der Waals surface area contributed by atoms with E-state index >= 15 is 0 Å². The van der Waals surface area contributed by atoms with Crippen LogP contribution in [0.1, 0.15) is 5.56 Å². The number of halogens is 2.